The Morgan fingerprint density at radius 1 is 1.28 bits per heavy atom. The molecule has 2 aromatic rings. The molecule has 2 fully saturated rings. The first-order valence-corrected chi connectivity index (χ1v) is 9.34. The van der Waals surface area contributed by atoms with Gasteiger partial charge in [0.15, 0.2) is 11.6 Å². The molecule has 6 heteroatoms. The molecule has 2 aromatic heterocycles. The van der Waals surface area contributed by atoms with E-state index in [1.54, 1.807) is 6.26 Å². The number of anilines is 1. The summed E-state index contributed by atoms with van der Waals surface area (Å²) in [6.07, 6.45) is 8.29. The van der Waals surface area contributed by atoms with Crippen molar-refractivity contribution in [3.8, 4) is 5.75 Å². The van der Waals surface area contributed by atoms with Crippen molar-refractivity contribution >= 4 is 5.82 Å². The minimum atomic E-state index is 0.218. The molecule has 4 rings (SSSR count). The molecule has 25 heavy (non-hydrogen) atoms. The number of hydrogen-bond acceptors (Lipinski definition) is 6. The van der Waals surface area contributed by atoms with Gasteiger partial charge in [-0.05, 0) is 37.8 Å². The Bertz CT molecular complexity index is 696. The summed E-state index contributed by atoms with van der Waals surface area (Å²) < 4.78 is 11.5. The highest BCUT2D eigenvalue weighted by Gasteiger charge is 2.27. The van der Waals surface area contributed by atoms with E-state index in [2.05, 4.69) is 32.9 Å². The fourth-order valence-electron chi connectivity index (χ4n) is 3.80. The lowest BCUT2D eigenvalue weighted by atomic mass is 10.2. The smallest absolute Gasteiger partial charge is 0.171 e. The molecular formula is C19H26N4O2. The Morgan fingerprint density at radius 2 is 2.16 bits per heavy atom. The Labute approximate surface area is 148 Å². The van der Waals surface area contributed by atoms with Crippen LogP contribution in [-0.2, 0) is 13.0 Å². The molecule has 6 nitrogen and oxygen atoms in total. The van der Waals surface area contributed by atoms with Gasteiger partial charge in [-0.2, -0.15) is 0 Å². The molecule has 0 amide bonds. The summed E-state index contributed by atoms with van der Waals surface area (Å²) in [5.41, 5.74) is 2.26. The van der Waals surface area contributed by atoms with E-state index in [-0.39, 0.29) is 6.10 Å². The number of ether oxygens (including phenoxy) is 1. The number of aryl methyl sites for hydroxylation is 1. The first-order valence-electron chi connectivity index (χ1n) is 9.34. The van der Waals surface area contributed by atoms with Crippen LogP contribution in [0.3, 0.4) is 0 Å². The van der Waals surface area contributed by atoms with Crippen molar-refractivity contribution in [3.05, 3.63) is 35.9 Å². The second-order valence-electron chi connectivity index (χ2n) is 6.92. The molecule has 1 atom stereocenters. The molecule has 2 saturated heterocycles. The number of nitrogens with zero attached hydrogens (tertiary/aromatic N) is 4. The lowest BCUT2D eigenvalue weighted by molar-refractivity contribution is 0.198. The lowest BCUT2D eigenvalue weighted by Gasteiger charge is -2.22. The van der Waals surface area contributed by atoms with Gasteiger partial charge in [0.2, 0.25) is 0 Å². The molecule has 134 valence electrons. The summed E-state index contributed by atoms with van der Waals surface area (Å²) >= 11 is 0. The maximum absolute atomic E-state index is 6.34. The van der Waals surface area contributed by atoms with Crippen molar-refractivity contribution in [2.45, 2.75) is 45.3 Å². The molecular weight excluding hydrogens is 316 g/mol. The van der Waals surface area contributed by atoms with E-state index in [0.29, 0.717) is 0 Å². The third-order valence-corrected chi connectivity index (χ3v) is 5.14. The van der Waals surface area contributed by atoms with E-state index in [4.69, 9.17) is 9.26 Å². The van der Waals surface area contributed by atoms with Gasteiger partial charge >= 0.3 is 0 Å². The summed E-state index contributed by atoms with van der Waals surface area (Å²) in [6.45, 7) is 7.13. The van der Waals surface area contributed by atoms with Crippen molar-refractivity contribution in [2.24, 2.45) is 0 Å². The largest absolute Gasteiger partial charge is 0.485 e. The Morgan fingerprint density at radius 3 is 3.00 bits per heavy atom. The molecule has 0 unspecified atom stereocenters. The van der Waals surface area contributed by atoms with Crippen molar-refractivity contribution in [2.75, 3.05) is 31.1 Å². The van der Waals surface area contributed by atoms with Crippen molar-refractivity contribution in [1.82, 2.24) is 15.0 Å². The predicted molar refractivity (Wildman–Crippen MR) is 95.9 cm³/mol. The maximum atomic E-state index is 6.34. The first kappa shape index (κ1) is 16.4. The average Bonchev–Trinajstić information content (AvgIpc) is 3.38. The van der Waals surface area contributed by atoms with Gasteiger partial charge < -0.3 is 14.2 Å². The lowest BCUT2D eigenvalue weighted by Crippen LogP contribution is -2.26. The quantitative estimate of drug-likeness (QED) is 0.805. The van der Waals surface area contributed by atoms with Crippen molar-refractivity contribution < 1.29 is 9.26 Å². The zero-order valence-electron chi connectivity index (χ0n) is 14.9. The van der Waals surface area contributed by atoms with Crippen molar-refractivity contribution in [1.29, 1.82) is 0 Å². The SMILES string of the molecule is CCc1nocc1CN1CC[C@@H](Oc2cccnc2N2CCCC2)C1. The Balaban J connectivity index is 1.38. The highest BCUT2D eigenvalue weighted by Crippen LogP contribution is 2.30. The van der Waals surface area contributed by atoms with Gasteiger partial charge in [-0.15, -0.1) is 0 Å². The molecule has 2 aliphatic heterocycles. The van der Waals surface area contributed by atoms with E-state index in [9.17, 15) is 0 Å². The molecule has 0 saturated carbocycles. The van der Waals surface area contributed by atoms with Crippen LogP contribution in [0.1, 0.15) is 37.4 Å². The fraction of sp³-hybridized carbons (Fsp3) is 0.579. The fourth-order valence-corrected chi connectivity index (χ4v) is 3.80. The maximum Gasteiger partial charge on any atom is 0.171 e. The van der Waals surface area contributed by atoms with Crippen LogP contribution >= 0.6 is 0 Å². The molecule has 0 N–H and O–H groups in total. The van der Waals surface area contributed by atoms with E-state index >= 15 is 0 Å². The molecule has 0 aromatic carbocycles. The average molecular weight is 342 g/mol. The normalized spacial score (nSPS) is 21.2. The van der Waals surface area contributed by atoms with Crippen LogP contribution in [0.2, 0.25) is 0 Å². The second-order valence-corrected chi connectivity index (χ2v) is 6.92. The third-order valence-electron chi connectivity index (χ3n) is 5.14. The van der Waals surface area contributed by atoms with Crippen LogP contribution in [0.25, 0.3) is 0 Å². The monoisotopic (exact) mass is 342 g/mol. The van der Waals surface area contributed by atoms with Crippen LogP contribution in [0, 0.1) is 0 Å². The minimum absolute atomic E-state index is 0.218. The van der Waals surface area contributed by atoms with E-state index in [0.717, 1.165) is 62.8 Å². The van der Waals surface area contributed by atoms with Gasteiger partial charge in [0.05, 0.1) is 5.69 Å². The minimum Gasteiger partial charge on any atom is -0.485 e. The Hall–Kier alpha value is -2.08. The summed E-state index contributed by atoms with van der Waals surface area (Å²) in [5.74, 6) is 1.93. The van der Waals surface area contributed by atoms with Gasteiger partial charge in [0, 0.05) is 44.5 Å². The van der Waals surface area contributed by atoms with E-state index in [1.807, 2.05) is 12.3 Å². The number of likely N-dealkylation sites (tertiary alicyclic amines) is 1. The standard InChI is InChI=1S/C19H26N4O2/c1-2-17-15(14-24-21-17)12-22-11-7-16(13-22)25-18-6-5-8-20-19(18)23-9-3-4-10-23/h5-6,8,14,16H,2-4,7,9-13H2,1H3/t16-/m1/s1. The van der Waals surface area contributed by atoms with E-state index in [1.165, 1.54) is 18.4 Å². The summed E-state index contributed by atoms with van der Waals surface area (Å²) in [7, 11) is 0. The van der Waals surface area contributed by atoms with E-state index < -0.39 is 0 Å². The molecule has 2 aliphatic rings. The van der Waals surface area contributed by atoms with Crippen molar-refractivity contribution in [3.63, 3.8) is 0 Å². The summed E-state index contributed by atoms with van der Waals surface area (Å²) in [4.78, 5) is 9.33. The number of aromatic nitrogens is 2. The van der Waals surface area contributed by atoms with Crippen LogP contribution in [-0.4, -0.2) is 47.3 Å². The topological polar surface area (TPSA) is 54.6 Å². The molecule has 0 spiro atoms. The third kappa shape index (κ3) is 3.63. The van der Waals surface area contributed by atoms with Gasteiger partial charge in [-0.3, -0.25) is 4.90 Å². The van der Waals surface area contributed by atoms with Crippen LogP contribution in [0.4, 0.5) is 5.82 Å². The number of rotatable bonds is 6. The zero-order chi connectivity index (χ0) is 17.1. The van der Waals surface area contributed by atoms with Gasteiger partial charge in [0.1, 0.15) is 12.4 Å². The molecule has 0 radical (unpaired) electrons. The van der Waals surface area contributed by atoms with Gasteiger partial charge in [-0.25, -0.2) is 4.98 Å². The van der Waals surface area contributed by atoms with Crippen LogP contribution < -0.4 is 9.64 Å². The second kappa shape index (κ2) is 7.44. The molecule has 0 bridgehead atoms. The highest BCUT2D eigenvalue weighted by atomic mass is 16.5. The first-order chi connectivity index (χ1) is 12.3. The number of pyridine rings is 1. The predicted octanol–water partition coefficient (Wildman–Crippen LogP) is 2.89. The highest BCUT2D eigenvalue weighted by molar-refractivity contribution is 5.52. The van der Waals surface area contributed by atoms with Crippen LogP contribution in [0.15, 0.2) is 29.1 Å². The number of hydrogen-bond donors (Lipinski definition) is 0. The van der Waals surface area contributed by atoms with Gasteiger partial charge in [-0.1, -0.05) is 12.1 Å². The van der Waals surface area contributed by atoms with Crippen LogP contribution in [0.5, 0.6) is 5.75 Å². The molecule has 0 aliphatic carbocycles. The zero-order valence-corrected chi connectivity index (χ0v) is 14.9. The summed E-state index contributed by atoms with van der Waals surface area (Å²) in [5, 5.41) is 4.07. The summed E-state index contributed by atoms with van der Waals surface area (Å²) in [6, 6.07) is 4.02. The molecule has 4 heterocycles. The van der Waals surface area contributed by atoms with Gasteiger partial charge in [0.25, 0.3) is 0 Å². The Kier molecular flexibility index (Phi) is 4.88.